The molecule has 0 aliphatic heterocycles. The second kappa shape index (κ2) is 4.70. The zero-order valence-electron chi connectivity index (χ0n) is 9.31. The molecule has 1 atom stereocenters. The monoisotopic (exact) mass is 279 g/mol. The van der Waals surface area contributed by atoms with Gasteiger partial charge in [0.15, 0.2) is 0 Å². The summed E-state index contributed by atoms with van der Waals surface area (Å²) in [6.45, 7) is 2.10. The number of benzene rings is 1. The van der Waals surface area contributed by atoms with Crippen molar-refractivity contribution in [1.82, 2.24) is 9.55 Å². The molecule has 1 heterocycles. The van der Waals surface area contributed by atoms with Crippen LogP contribution in [0.25, 0.3) is 0 Å². The van der Waals surface area contributed by atoms with Gasteiger partial charge in [0, 0.05) is 29.6 Å². The van der Waals surface area contributed by atoms with Crippen molar-refractivity contribution in [2.75, 3.05) is 5.32 Å². The van der Waals surface area contributed by atoms with Crippen molar-refractivity contribution >= 4 is 21.6 Å². The number of hydrogen-bond donors (Lipinski definition) is 1. The maximum Gasteiger partial charge on any atom is 0.130 e. The molecule has 0 saturated carbocycles. The summed E-state index contributed by atoms with van der Waals surface area (Å²) in [5.74, 6) is 1.02. The second-order valence-corrected chi connectivity index (χ2v) is 4.60. The third-order valence-electron chi connectivity index (χ3n) is 2.49. The van der Waals surface area contributed by atoms with Crippen LogP contribution in [0.1, 0.15) is 18.8 Å². The molecule has 0 saturated heterocycles. The lowest BCUT2D eigenvalue weighted by Crippen LogP contribution is -2.12. The lowest BCUT2D eigenvalue weighted by atomic mass is 10.2. The van der Waals surface area contributed by atoms with Crippen molar-refractivity contribution in [3.63, 3.8) is 0 Å². The fourth-order valence-corrected chi connectivity index (χ4v) is 2.07. The van der Waals surface area contributed by atoms with Gasteiger partial charge in [-0.05, 0) is 35.0 Å². The van der Waals surface area contributed by atoms with Gasteiger partial charge in [0.05, 0.1) is 6.04 Å². The van der Waals surface area contributed by atoms with Gasteiger partial charge in [-0.15, -0.1) is 0 Å². The highest BCUT2D eigenvalue weighted by atomic mass is 79.9. The Labute approximate surface area is 104 Å². The van der Waals surface area contributed by atoms with Crippen molar-refractivity contribution < 1.29 is 0 Å². The Morgan fingerprint density at radius 1 is 1.38 bits per heavy atom. The van der Waals surface area contributed by atoms with Crippen LogP contribution < -0.4 is 5.32 Å². The lowest BCUT2D eigenvalue weighted by molar-refractivity contribution is 0.721. The van der Waals surface area contributed by atoms with Crippen LogP contribution in [0, 0.1) is 0 Å². The Kier molecular flexibility index (Phi) is 3.29. The third-order valence-corrected chi connectivity index (χ3v) is 3.18. The Morgan fingerprint density at radius 3 is 2.75 bits per heavy atom. The number of nitrogens with zero attached hydrogens (tertiary/aromatic N) is 2. The van der Waals surface area contributed by atoms with Gasteiger partial charge in [-0.2, -0.15) is 0 Å². The van der Waals surface area contributed by atoms with E-state index >= 15 is 0 Å². The summed E-state index contributed by atoms with van der Waals surface area (Å²) in [6.07, 6.45) is 3.76. The Bertz CT molecular complexity index is 479. The summed E-state index contributed by atoms with van der Waals surface area (Å²) in [5.41, 5.74) is 1.08. The first-order valence-electron chi connectivity index (χ1n) is 5.17. The third kappa shape index (κ3) is 2.27. The van der Waals surface area contributed by atoms with Gasteiger partial charge in [-0.25, -0.2) is 4.98 Å². The fraction of sp³-hybridized carbons (Fsp3) is 0.250. The van der Waals surface area contributed by atoms with E-state index < -0.39 is 0 Å². The van der Waals surface area contributed by atoms with E-state index in [1.165, 1.54) is 0 Å². The number of hydrogen-bond acceptors (Lipinski definition) is 2. The van der Waals surface area contributed by atoms with Gasteiger partial charge in [0.25, 0.3) is 0 Å². The molecule has 0 amide bonds. The summed E-state index contributed by atoms with van der Waals surface area (Å²) in [5, 5.41) is 3.42. The first kappa shape index (κ1) is 11.2. The number of nitrogens with one attached hydrogen (secondary N) is 1. The molecule has 1 aromatic heterocycles. The van der Waals surface area contributed by atoms with Crippen molar-refractivity contribution in [1.29, 1.82) is 0 Å². The minimum Gasteiger partial charge on any atom is -0.374 e. The van der Waals surface area contributed by atoms with Gasteiger partial charge in [-0.1, -0.05) is 12.1 Å². The van der Waals surface area contributed by atoms with Crippen LogP contribution in [0.2, 0.25) is 0 Å². The molecule has 2 aromatic rings. The number of aryl methyl sites for hydroxylation is 1. The average Bonchev–Trinajstić information content (AvgIpc) is 2.68. The van der Waals surface area contributed by atoms with Crippen molar-refractivity contribution in [2.24, 2.45) is 7.05 Å². The molecule has 84 valence electrons. The van der Waals surface area contributed by atoms with Gasteiger partial charge >= 0.3 is 0 Å². The zero-order chi connectivity index (χ0) is 11.5. The van der Waals surface area contributed by atoms with Crippen LogP contribution in [0.5, 0.6) is 0 Å². The van der Waals surface area contributed by atoms with Gasteiger partial charge in [-0.3, -0.25) is 0 Å². The highest BCUT2D eigenvalue weighted by molar-refractivity contribution is 9.10. The SMILES string of the molecule is CC(Nc1ccccc1Br)c1nccn1C. The molecule has 0 fully saturated rings. The van der Waals surface area contributed by atoms with E-state index in [0.717, 1.165) is 16.0 Å². The molecule has 0 aliphatic carbocycles. The number of halogens is 1. The van der Waals surface area contributed by atoms with Gasteiger partial charge < -0.3 is 9.88 Å². The predicted octanol–water partition coefficient (Wildman–Crippen LogP) is 3.36. The molecule has 3 nitrogen and oxygen atoms in total. The Morgan fingerprint density at radius 2 is 2.12 bits per heavy atom. The van der Waals surface area contributed by atoms with Gasteiger partial charge in [0.1, 0.15) is 5.82 Å². The summed E-state index contributed by atoms with van der Waals surface area (Å²) in [6, 6.07) is 8.26. The molecular weight excluding hydrogens is 266 g/mol. The largest absolute Gasteiger partial charge is 0.374 e. The van der Waals surface area contributed by atoms with E-state index in [1.807, 2.05) is 48.3 Å². The number of rotatable bonds is 3. The minimum atomic E-state index is 0.179. The van der Waals surface area contributed by atoms with Crippen LogP contribution in [-0.2, 0) is 7.05 Å². The first-order valence-corrected chi connectivity index (χ1v) is 5.96. The molecule has 1 aromatic carbocycles. The molecule has 4 heteroatoms. The molecule has 0 aliphatic rings. The molecule has 0 spiro atoms. The molecule has 1 N–H and O–H groups in total. The summed E-state index contributed by atoms with van der Waals surface area (Å²) < 4.78 is 3.09. The first-order chi connectivity index (χ1) is 7.68. The highest BCUT2D eigenvalue weighted by Gasteiger charge is 2.10. The minimum absolute atomic E-state index is 0.179. The topological polar surface area (TPSA) is 29.9 Å². The molecule has 2 rings (SSSR count). The fourth-order valence-electron chi connectivity index (χ4n) is 1.67. The van der Waals surface area contributed by atoms with E-state index in [1.54, 1.807) is 0 Å². The Balaban J connectivity index is 2.17. The van der Waals surface area contributed by atoms with Gasteiger partial charge in [0.2, 0.25) is 0 Å². The van der Waals surface area contributed by atoms with Crippen LogP contribution in [-0.4, -0.2) is 9.55 Å². The van der Waals surface area contributed by atoms with E-state index in [2.05, 4.69) is 33.2 Å². The number of imidazole rings is 1. The van der Waals surface area contributed by atoms with Crippen LogP contribution in [0.15, 0.2) is 41.1 Å². The number of anilines is 1. The van der Waals surface area contributed by atoms with E-state index in [4.69, 9.17) is 0 Å². The maximum absolute atomic E-state index is 4.33. The summed E-state index contributed by atoms with van der Waals surface area (Å²) in [7, 11) is 2.00. The van der Waals surface area contributed by atoms with Crippen molar-refractivity contribution in [2.45, 2.75) is 13.0 Å². The number of aromatic nitrogens is 2. The summed E-state index contributed by atoms with van der Waals surface area (Å²) >= 11 is 3.52. The van der Waals surface area contributed by atoms with Crippen LogP contribution in [0.3, 0.4) is 0 Å². The van der Waals surface area contributed by atoms with Crippen LogP contribution >= 0.6 is 15.9 Å². The van der Waals surface area contributed by atoms with Crippen LogP contribution in [0.4, 0.5) is 5.69 Å². The second-order valence-electron chi connectivity index (χ2n) is 3.74. The molecule has 1 unspecified atom stereocenters. The lowest BCUT2D eigenvalue weighted by Gasteiger charge is -2.16. The zero-order valence-corrected chi connectivity index (χ0v) is 10.9. The maximum atomic E-state index is 4.33. The molecule has 0 bridgehead atoms. The average molecular weight is 280 g/mol. The predicted molar refractivity (Wildman–Crippen MR) is 69.4 cm³/mol. The smallest absolute Gasteiger partial charge is 0.130 e. The Hall–Kier alpha value is -1.29. The van der Waals surface area contributed by atoms with E-state index in [0.29, 0.717) is 0 Å². The molecule has 16 heavy (non-hydrogen) atoms. The standard InChI is InChI=1S/C12H14BrN3/c1-9(12-14-7-8-16(12)2)15-11-6-4-3-5-10(11)13/h3-9,15H,1-2H3. The normalized spacial score (nSPS) is 12.4. The summed E-state index contributed by atoms with van der Waals surface area (Å²) in [4.78, 5) is 4.33. The highest BCUT2D eigenvalue weighted by Crippen LogP contribution is 2.25. The van der Waals surface area contributed by atoms with Crippen molar-refractivity contribution in [3.05, 3.63) is 47.0 Å². The quantitative estimate of drug-likeness (QED) is 0.934. The van der Waals surface area contributed by atoms with E-state index in [9.17, 15) is 0 Å². The molecule has 0 radical (unpaired) electrons. The van der Waals surface area contributed by atoms with E-state index in [-0.39, 0.29) is 6.04 Å². The van der Waals surface area contributed by atoms with Crippen molar-refractivity contribution in [3.8, 4) is 0 Å². The number of para-hydroxylation sites is 1. The molecular formula is C12H14BrN3.